The number of aromatic amines is 2. The lowest BCUT2D eigenvalue weighted by atomic mass is 10.1. The predicted molar refractivity (Wildman–Crippen MR) is 94.6 cm³/mol. The summed E-state index contributed by atoms with van der Waals surface area (Å²) < 4.78 is 0. The predicted octanol–water partition coefficient (Wildman–Crippen LogP) is 1.02. The van der Waals surface area contributed by atoms with Gasteiger partial charge in [-0.3, -0.25) is 24.7 Å². The standard InChI is InChI=1S/C15H14ClN5O5/c1-8-10(14(23)19-15(24)18-8)3-5-13(22)20-17-7-9-2-4-11(16)12(6-9)21(25)26/h2,4,6-7H,3,5H2,1H3,(H,20,22)(H2,18,19,23,24)/b17-7+. The van der Waals surface area contributed by atoms with Gasteiger partial charge >= 0.3 is 5.69 Å². The number of amides is 1. The van der Waals surface area contributed by atoms with Crippen molar-refractivity contribution in [1.82, 2.24) is 15.4 Å². The molecule has 1 aromatic carbocycles. The van der Waals surface area contributed by atoms with E-state index in [9.17, 15) is 24.5 Å². The van der Waals surface area contributed by atoms with Gasteiger partial charge in [-0.1, -0.05) is 17.7 Å². The molecule has 0 aliphatic carbocycles. The molecule has 2 rings (SSSR count). The van der Waals surface area contributed by atoms with Crippen molar-refractivity contribution in [3.63, 3.8) is 0 Å². The molecule has 3 N–H and O–H groups in total. The Morgan fingerprint density at radius 1 is 1.38 bits per heavy atom. The number of nitrogens with one attached hydrogen (secondary N) is 3. The molecule has 1 heterocycles. The van der Waals surface area contributed by atoms with Crippen LogP contribution in [0.4, 0.5) is 5.69 Å². The summed E-state index contributed by atoms with van der Waals surface area (Å²) in [5.41, 5.74) is 1.91. The summed E-state index contributed by atoms with van der Waals surface area (Å²) in [7, 11) is 0. The first-order chi connectivity index (χ1) is 12.3. The molecule has 0 saturated carbocycles. The number of benzene rings is 1. The fourth-order valence-electron chi connectivity index (χ4n) is 2.15. The van der Waals surface area contributed by atoms with Crippen molar-refractivity contribution in [2.24, 2.45) is 5.10 Å². The second kappa shape index (κ2) is 8.21. The second-order valence-electron chi connectivity index (χ2n) is 5.27. The highest BCUT2D eigenvalue weighted by molar-refractivity contribution is 6.32. The highest BCUT2D eigenvalue weighted by Gasteiger charge is 2.12. The molecule has 0 spiro atoms. The molecule has 0 fully saturated rings. The molecule has 26 heavy (non-hydrogen) atoms. The molecule has 0 aliphatic rings. The first-order valence-corrected chi connectivity index (χ1v) is 7.73. The van der Waals surface area contributed by atoms with E-state index in [-0.39, 0.29) is 23.6 Å². The lowest BCUT2D eigenvalue weighted by molar-refractivity contribution is -0.384. The Bertz CT molecular complexity index is 995. The number of nitrogens with zero attached hydrogens (tertiary/aromatic N) is 2. The van der Waals surface area contributed by atoms with Crippen LogP contribution < -0.4 is 16.7 Å². The fraction of sp³-hybridized carbons (Fsp3) is 0.200. The highest BCUT2D eigenvalue weighted by Crippen LogP contribution is 2.24. The Labute approximate surface area is 151 Å². The lowest BCUT2D eigenvalue weighted by Crippen LogP contribution is -2.28. The van der Waals surface area contributed by atoms with Gasteiger partial charge in [0, 0.05) is 29.3 Å². The van der Waals surface area contributed by atoms with Crippen molar-refractivity contribution in [3.05, 3.63) is 71.0 Å². The van der Waals surface area contributed by atoms with Gasteiger partial charge < -0.3 is 4.98 Å². The van der Waals surface area contributed by atoms with Gasteiger partial charge in [0.05, 0.1) is 11.1 Å². The maximum atomic E-state index is 11.8. The Morgan fingerprint density at radius 2 is 2.12 bits per heavy atom. The summed E-state index contributed by atoms with van der Waals surface area (Å²) >= 11 is 5.70. The van der Waals surface area contributed by atoms with Gasteiger partial charge in [-0.25, -0.2) is 10.2 Å². The van der Waals surface area contributed by atoms with Crippen LogP contribution in [0.2, 0.25) is 5.02 Å². The zero-order valence-electron chi connectivity index (χ0n) is 13.5. The number of nitro groups is 1. The number of aryl methyl sites for hydroxylation is 1. The fourth-order valence-corrected chi connectivity index (χ4v) is 2.34. The van der Waals surface area contributed by atoms with Crippen LogP contribution in [-0.4, -0.2) is 27.0 Å². The zero-order valence-corrected chi connectivity index (χ0v) is 14.3. The third-order valence-electron chi connectivity index (χ3n) is 3.43. The number of carbonyl (C=O) groups is 1. The van der Waals surface area contributed by atoms with Crippen LogP contribution in [0.15, 0.2) is 32.9 Å². The first kappa shape index (κ1) is 19.1. The lowest BCUT2D eigenvalue weighted by Gasteiger charge is -2.03. The molecule has 0 atom stereocenters. The van der Waals surface area contributed by atoms with Gasteiger partial charge in [-0.2, -0.15) is 5.10 Å². The molecule has 0 radical (unpaired) electrons. The molecule has 136 valence electrons. The zero-order chi connectivity index (χ0) is 19.3. The third kappa shape index (κ3) is 4.86. The van der Waals surface area contributed by atoms with E-state index in [0.717, 1.165) is 0 Å². The van der Waals surface area contributed by atoms with Crippen LogP contribution in [0, 0.1) is 17.0 Å². The molecule has 0 unspecified atom stereocenters. The summed E-state index contributed by atoms with van der Waals surface area (Å²) in [6.07, 6.45) is 1.32. The van der Waals surface area contributed by atoms with Crippen molar-refractivity contribution in [3.8, 4) is 0 Å². The van der Waals surface area contributed by atoms with Crippen LogP contribution in [0.5, 0.6) is 0 Å². The maximum absolute atomic E-state index is 11.8. The van der Waals surface area contributed by atoms with E-state index >= 15 is 0 Å². The minimum absolute atomic E-state index is 0.00215. The van der Waals surface area contributed by atoms with E-state index in [1.165, 1.54) is 24.4 Å². The average Bonchev–Trinajstić information content (AvgIpc) is 2.55. The van der Waals surface area contributed by atoms with Crippen molar-refractivity contribution >= 4 is 29.4 Å². The van der Waals surface area contributed by atoms with Crippen LogP contribution in [0.1, 0.15) is 23.2 Å². The molecule has 0 aliphatic heterocycles. The van der Waals surface area contributed by atoms with Crippen molar-refractivity contribution in [2.75, 3.05) is 0 Å². The van der Waals surface area contributed by atoms with Crippen molar-refractivity contribution in [2.45, 2.75) is 19.8 Å². The summed E-state index contributed by atoms with van der Waals surface area (Å²) in [4.78, 5) is 49.3. The summed E-state index contributed by atoms with van der Waals surface area (Å²) in [6.45, 7) is 1.56. The van der Waals surface area contributed by atoms with Crippen LogP contribution in [0.25, 0.3) is 0 Å². The summed E-state index contributed by atoms with van der Waals surface area (Å²) in [5, 5.41) is 14.5. The van der Waals surface area contributed by atoms with Crippen LogP contribution >= 0.6 is 11.6 Å². The molecule has 1 aromatic heterocycles. The number of carbonyl (C=O) groups excluding carboxylic acids is 1. The van der Waals surface area contributed by atoms with Crippen LogP contribution in [-0.2, 0) is 11.2 Å². The van der Waals surface area contributed by atoms with E-state index < -0.39 is 22.1 Å². The topological polar surface area (TPSA) is 150 Å². The van der Waals surface area contributed by atoms with E-state index in [2.05, 4.69) is 20.5 Å². The van der Waals surface area contributed by atoms with Gasteiger partial charge in [0.25, 0.3) is 11.2 Å². The van der Waals surface area contributed by atoms with E-state index in [4.69, 9.17) is 11.6 Å². The third-order valence-corrected chi connectivity index (χ3v) is 3.75. The number of aromatic nitrogens is 2. The molecule has 10 nitrogen and oxygen atoms in total. The number of nitro benzene ring substituents is 1. The van der Waals surface area contributed by atoms with Gasteiger partial charge in [-0.05, 0) is 19.4 Å². The van der Waals surface area contributed by atoms with Gasteiger partial charge in [-0.15, -0.1) is 0 Å². The normalized spacial score (nSPS) is 10.8. The van der Waals surface area contributed by atoms with Gasteiger partial charge in [0.1, 0.15) is 5.02 Å². The second-order valence-corrected chi connectivity index (χ2v) is 5.68. The maximum Gasteiger partial charge on any atom is 0.325 e. The van der Waals surface area contributed by atoms with E-state index in [1.54, 1.807) is 6.92 Å². The monoisotopic (exact) mass is 379 g/mol. The number of H-pyrrole nitrogens is 2. The molecule has 2 aromatic rings. The Kier molecular flexibility index (Phi) is 6.02. The average molecular weight is 380 g/mol. The number of hydrogen-bond acceptors (Lipinski definition) is 6. The van der Waals surface area contributed by atoms with E-state index in [0.29, 0.717) is 16.8 Å². The highest BCUT2D eigenvalue weighted by atomic mass is 35.5. The summed E-state index contributed by atoms with van der Waals surface area (Å²) in [6, 6.07) is 4.09. The number of rotatable bonds is 6. The summed E-state index contributed by atoms with van der Waals surface area (Å²) in [5.74, 6) is -0.463. The number of hydrogen-bond donors (Lipinski definition) is 3. The van der Waals surface area contributed by atoms with Crippen molar-refractivity contribution < 1.29 is 9.72 Å². The molecule has 11 heteroatoms. The Hall–Kier alpha value is -3.27. The Morgan fingerprint density at radius 3 is 2.77 bits per heavy atom. The molecule has 1 amide bonds. The smallest absolute Gasteiger partial charge is 0.311 e. The Balaban J connectivity index is 1.96. The molecule has 0 bridgehead atoms. The van der Waals surface area contributed by atoms with Crippen LogP contribution in [0.3, 0.4) is 0 Å². The molecular weight excluding hydrogens is 366 g/mol. The van der Waals surface area contributed by atoms with E-state index in [1.807, 2.05) is 0 Å². The number of hydrazone groups is 1. The van der Waals surface area contributed by atoms with Gasteiger partial charge in [0.2, 0.25) is 5.91 Å². The number of halogens is 1. The largest absolute Gasteiger partial charge is 0.325 e. The SMILES string of the molecule is Cc1[nH]c(=O)[nH]c(=O)c1CCC(=O)N/N=C/c1ccc(Cl)c([N+](=O)[O-])c1. The quantitative estimate of drug-likeness (QED) is 0.389. The molecular formula is C15H14ClN5O5. The minimum Gasteiger partial charge on any atom is -0.311 e. The van der Waals surface area contributed by atoms with Crippen molar-refractivity contribution in [1.29, 1.82) is 0 Å². The van der Waals surface area contributed by atoms with Gasteiger partial charge in [0.15, 0.2) is 0 Å². The minimum atomic E-state index is -0.623. The molecule has 0 saturated heterocycles. The first-order valence-electron chi connectivity index (χ1n) is 7.36.